The zero-order chi connectivity index (χ0) is 21.4. The molecule has 3 N–H and O–H groups in total. The number of hydrogen-bond acceptors (Lipinski definition) is 6. The number of nitrogens with one attached hydrogen (secondary N) is 1. The lowest BCUT2D eigenvalue weighted by atomic mass is 9.94. The third-order valence-corrected chi connectivity index (χ3v) is 5.26. The van der Waals surface area contributed by atoms with Crippen LogP contribution < -0.4 is 0 Å². The van der Waals surface area contributed by atoms with E-state index in [-0.39, 0.29) is 24.8 Å². The minimum Gasteiger partial charge on any atom is -0.507 e. The van der Waals surface area contributed by atoms with Crippen LogP contribution in [0.25, 0.3) is 11.3 Å². The molecule has 2 aromatic carbocycles. The number of carbonyl (C=O) groups is 2. The van der Waals surface area contributed by atoms with Gasteiger partial charge in [-0.05, 0) is 42.3 Å². The number of methoxy groups -OCH3 is 1. The van der Waals surface area contributed by atoms with Gasteiger partial charge in [0.2, 0.25) is 0 Å². The van der Waals surface area contributed by atoms with Crippen LogP contribution in [0, 0.1) is 6.92 Å². The first-order valence-electron chi connectivity index (χ1n) is 9.44. The van der Waals surface area contributed by atoms with Crippen molar-refractivity contribution in [2.75, 3.05) is 20.3 Å². The Morgan fingerprint density at radius 2 is 1.97 bits per heavy atom. The lowest BCUT2D eigenvalue weighted by molar-refractivity contribution is 0.0599. The van der Waals surface area contributed by atoms with Crippen molar-refractivity contribution in [1.29, 1.82) is 0 Å². The number of H-pyrrole nitrogens is 1. The Hall–Kier alpha value is -3.65. The first-order valence-corrected chi connectivity index (χ1v) is 9.44. The van der Waals surface area contributed by atoms with Gasteiger partial charge in [0.15, 0.2) is 0 Å². The van der Waals surface area contributed by atoms with Crippen LogP contribution in [0.3, 0.4) is 0 Å². The largest absolute Gasteiger partial charge is 0.507 e. The third kappa shape index (κ3) is 3.11. The number of carbonyl (C=O) groups excluding carboxylic acids is 2. The zero-order valence-corrected chi connectivity index (χ0v) is 16.5. The Morgan fingerprint density at radius 1 is 1.23 bits per heavy atom. The summed E-state index contributed by atoms with van der Waals surface area (Å²) < 4.78 is 4.74. The number of benzene rings is 2. The van der Waals surface area contributed by atoms with Crippen LogP contribution in [0.1, 0.15) is 43.6 Å². The Labute approximate surface area is 172 Å². The number of ether oxygens (including phenoxy) is 1. The maximum absolute atomic E-state index is 13.0. The van der Waals surface area contributed by atoms with Crippen molar-refractivity contribution in [2.24, 2.45) is 0 Å². The van der Waals surface area contributed by atoms with Crippen LogP contribution in [-0.2, 0) is 4.74 Å². The van der Waals surface area contributed by atoms with Crippen molar-refractivity contribution >= 4 is 11.9 Å². The van der Waals surface area contributed by atoms with E-state index in [0.29, 0.717) is 28.1 Å². The molecule has 0 saturated carbocycles. The van der Waals surface area contributed by atoms with Gasteiger partial charge in [-0.25, -0.2) is 4.79 Å². The summed E-state index contributed by atoms with van der Waals surface area (Å²) in [5.74, 6) is -0.672. The molecule has 0 radical (unpaired) electrons. The number of aromatic nitrogens is 2. The molecule has 4 rings (SSSR count). The molecule has 30 heavy (non-hydrogen) atoms. The molecular weight excluding hydrogens is 386 g/mol. The number of amides is 1. The van der Waals surface area contributed by atoms with E-state index in [1.807, 2.05) is 13.0 Å². The van der Waals surface area contributed by atoms with Gasteiger partial charge in [-0.15, -0.1) is 0 Å². The minimum atomic E-state index is -0.527. The second kappa shape index (κ2) is 7.64. The molecule has 1 aromatic heterocycles. The molecule has 0 fully saturated rings. The maximum atomic E-state index is 13.0. The van der Waals surface area contributed by atoms with E-state index >= 15 is 0 Å². The second-order valence-electron chi connectivity index (χ2n) is 7.12. The number of phenols is 1. The van der Waals surface area contributed by atoms with Crippen molar-refractivity contribution in [2.45, 2.75) is 13.0 Å². The number of aromatic hydroxyl groups is 1. The SMILES string of the molecule is COC(=O)c1ccc([C@@H]2c3c(-c4ccc(C)cc4O)n[nH]c3C(=O)N2CCO)cc1. The first kappa shape index (κ1) is 19.7. The van der Waals surface area contributed by atoms with Crippen LogP contribution in [0.5, 0.6) is 5.75 Å². The van der Waals surface area contributed by atoms with Crippen LogP contribution in [0.4, 0.5) is 0 Å². The number of rotatable bonds is 5. The predicted octanol–water partition coefficient (Wildman–Crippen LogP) is 2.41. The second-order valence-corrected chi connectivity index (χ2v) is 7.12. The highest BCUT2D eigenvalue weighted by molar-refractivity contribution is 6.00. The van der Waals surface area contributed by atoms with E-state index in [2.05, 4.69) is 10.2 Å². The monoisotopic (exact) mass is 407 g/mol. The van der Waals surface area contributed by atoms with E-state index in [4.69, 9.17) is 4.74 Å². The lowest BCUT2D eigenvalue weighted by Crippen LogP contribution is -2.32. The minimum absolute atomic E-state index is 0.0668. The molecule has 1 amide bonds. The summed E-state index contributed by atoms with van der Waals surface area (Å²) in [4.78, 5) is 26.3. The highest BCUT2D eigenvalue weighted by atomic mass is 16.5. The van der Waals surface area contributed by atoms with Gasteiger partial charge in [0.25, 0.3) is 5.91 Å². The Bertz CT molecular complexity index is 1120. The molecule has 0 bridgehead atoms. The first-order chi connectivity index (χ1) is 14.5. The summed E-state index contributed by atoms with van der Waals surface area (Å²) in [6.45, 7) is 1.80. The van der Waals surface area contributed by atoms with Crippen molar-refractivity contribution in [1.82, 2.24) is 15.1 Å². The predicted molar refractivity (Wildman–Crippen MR) is 108 cm³/mol. The summed E-state index contributed by atoms with van der Waals surface area (Å²) >= 11 is 0. The van der Waals surface area contributed by atoms with Crippen LogP contribution >= 0.6 is 0 Å². The van der Waals surface area contributed by atoms with Crippen LogP contribution in [-0.4, -0.2) is 57.4 Å². The fraction of sp³-hybridized carbons (Fsp3) is 0.227. The van der Waals surface area contributed by atoms with Crippen molar-refractivity contribution in [3.63, 3.8) is 0 Å². The van der Waals surface area contributed by atoms with Gasteiger partial charge >= 0.3 is 5.97 Å². The number of aryl methyl sites for hydroxylation is 1. The van der Waals surface area contributed by atoms with Crippen molar-refractivity contribution < 1.29 is 24.5 Å². The lowest BCUT2D eigenvalue weighted by Gasteiger charge is -2.25. The third-order valence-electron chi connectivity index (χ3n) is 5.26. The molecule has 1 atom stereocenters. The van der Waals surface area contributed by atoms with Gasteiger partial charge in [-0.3, -0.25) is 9.89 Å². The smallest absolute Gasteiger partial charge is 0.337 e. The molecule has 0 saturated heterocycles. The summed E-state index contributed by atoms with van der Waals surface area (Å²) in [5, 5.41) is 27.1. The van der Waals surface area contributed by atoms with Crippen molar-refractivity contribution in [3.05, 3.63) is 70.4 Å². The van der Waals surface area contributed by atoms with Crippen LogP contribution in [0.15, 0.2) is 42.5 Å². The molecule has 0 unspecified atom stereocenters. The number of aliphatic hydroxyl groups is 1. The molecule has 0 spiro atoms. The van der Waals surface area contributed by atoms with Gasteiger partial charge < -0.3 is 19.8 Å². The van der Waals surface area contributed by atoms with Crippen molar-refractivity contribution in [3.8, 4) is 17.0 Å². The van der Waals surface area contributed by atoms with E-state index < -0.39 is 12.0 Å². The van der Waals surface area contributed by atoms with E-state index in [9.17, 15) is 19.8 Å². The number of β-amino-alcohol motifs (C(OH)–C–C–N with tert-alkyl or cyclic N) is 1. The fourth-order valence-electron chi connectivity index (χ4n) is 3.85. The normalized spacial score (nSPS) is 15.4. The molecule has 0 aliphatic carbocycles. The molecule has 8 heteroatoms. The number of aliphatic hydroxyl groups excluding tert-OH is 1. The molecule has 3 aromatic rings. The Balaban J connectivity index is 1.85. The molecular formula is C22H21N3O5. The standard InChI is InChI=1S/C22H21N3O5/c1-12-3-8-15(16(27)11-12)18-17-19(24-23-18)21(28)25(9-10-26)20(17)13-4-6-14(7-5-13)22(29)30-2/h3-8,11,20,26-27H,9-10H2,1-2H3,(H,23,24)/t20-/m1/s1. The van der Waals surface area contributed by atoms with Gasteiger partial charge in [0.1, 0.15) is 17.1 Å². The highest BCUT2D eigenvalue weighted by Crippen LogP contribution is 2.44. The highest BCUT2D eigenvalue weighted by Gasteiger charge is 2.42. The molecule has 2 heterocycles. The zero-order valence-electron chi connectivity index (χ0n) is 16.5. The number of esters is 1. The van der Waals surface area contributed by atoms with Gasteiger partial charge in [-0.2, -0.15) is 5.10 Å². The maximum Gasteiger partial charge on any atom is 0.337 e. The number of nitrogens with zero attached hydrogens (tertiary/aromatic N) is 2. The Morgan fingerprint density at radius 3 is 2.60 bits per heavy atom. The summed E-state index contributed by atoms with van der Waals surface area (Å²) in [7, 11) is 1.31. The topological polar surface area (TPSA) is 116 Å². The molecule has 154 valence electrons. The van der Waals surface area contributed by atoms with Gasteiger partial charge in [0.05, 0.1) is 25.3 Å². The van der Waals surface area contributed by atoms with Crippen LogP contribution in [0.2, 0.25) is 0 Å². The number of aromatic amines is 1. The van der Waals surface area contributed by atoms with E-state index in [0.717, 1.165) is 11.1 Å². The quantitative estimate of drug-likeness (QED) is 0.560. The van der Waals surface area contributed by atoms with E-state index in [1.54, 1.807) is 41.3 Å². The van der Waals surface area contributed by atoms with Gasteiger partial charge in [0, 0.05) is 17.7 Å². The fourth-order valence-corrected chi connectivity index (χ4v) is 3.85. The number of fused-ring (bicyclic) bond motifs is 1. The summed E-state index contributed by atoms with van der Waals surface area (Å²) in [6, 6.07) is 11.5. The number of phenolic OH excluding ortho intramolecular Hbond substituents is 1. The summed E-state index contributed by atoms with van der Waals surface area (Å²) in [5.41, 5.74) is 3.96. The van der Waals surface area contributed by atoms with E-state index in [1.165, 1.54) is 7.11 Å². The van der Waals surface area contributed by atoms with Gasteiger partial charge in [-0.1, -0.05) is 18.2 Å². The average molecular weight is 407 g/mol. The molecule has 1 aliphatic rings. The molecule has 1 aliphatic heterocycles. The Kier molecular flexibility index (Phi) is 5.01. The molecule has 8 nitrogen and oxygen atoms in total. The average Bonchev–Trinajstić information content (AvgIpc) is 3.27. The summed E-state index contributed by atoms with van der Waals surface area (Å²) in [6.07, 6.45) is 0. The number of hydrogen-bond donors (Lipinski definition) is 3.